The number of aliphatic hydroxyl groups excluding tert-OH is 1. The molecule has 3 aromatic rings. The monoisotopic (exact) mass is 768 g/mol. The molecule has 0 spiro atoms. The van der Waals surface area contributed by atoms with Crippen molar-refractivity contribution in [2.24, 2.45) is 17.8 Å². The van der Waals surface area contributed by atoms with Crippen LogP contribution >= 0.6 is 34.8 Å². The molecule has 51 heavy (non-hydrogen) atoms. The standard InChI is InChI=1S/C35H24Cl3F5N2O6/c1-14-2-5-16(12-21(14)36)44-30(47)19-9-8-18-20(22(19)31(44)48)13-34(37)32(49)45(29-27(42)25(40)24(39)26(41)28(29)43)33(50)35(34,38)23(18)15-3-6-17(7-4-15)51-11-10-46/h2-8,12,19-20,22-23,46H,9-11,13H2,1H3. The molecular weight excluding hydrogens is 746 g/mol. The Morgan fingerprint density at radius 3 is 2.08 bits per heavy atom. The van der Waals surface area contributed by atoms with Gasteiger partial charge < -0.3 is 9.84 Å². The van der Waals surface area contributed by atoms with Crippen molar-refractivity contribution < 1.29 is 51.0 Å². The van der Waals surface area contributed by atoms with E-state index < -0.39 is 98.2 Å². The van der Waals surface area contributed by atoms with Crippen molar-refractivity contribution in [1.29, 1.82) is 0 Å². The van der Waals surface area contributed by atoms with Crippen LogP contribution in [0.5, 0.6) is 5.75 Å². The molecule has 7 rings (SSSR count). The molecule has 6 unspecified atom stereocenters. The van der Waals surface area contributed by atoms with Gasteiger partial charge in [-0.3, -0.25) is 19.2 Å². The third kappa shape index (κ3) is 4.80. The lowest BCUT2D eigenvalue weighted by atomic mass is 9.56. The summed E-state index contributed by atoms with van der Waals surface area (Å²) in [6.45, 7) is 1.37. The molecule has 2 aliphatic heterocycles. The van der Waals surface area contributed by atoms with Gasteiger partial charge >= 0.3 is 0 Å². The lowest BCUT2D eigenvalue weighted by molar-refractivity contribution is -0.125. The van der Waals surface area contributed by atoms with E-state index in [1.807, 2.05) is 0 Å². The summed E-state index contributed by atoms with van der Waals surface area (Å²) in [5.41, 5.74) is -0.461. The molecule has 0 aromatic heterocycles. The fraction of sp³-hybridized carbons (Fsp3) is 0.314. The first-order chi connectivity index (χ1) is 24.1. The number of hydrogen-bond donors (Lipinski definition) is 1. The van der Waals surface area contributed by atoms with Crippen molar-refractivity contribution in [2.75, 3.05) is 23.0 Å². The maximum Gasteiger partial charge on any atom is 0.258 e. The maximum absolute atomic E-state index is 15.2. The Morgan fingerprint density at radius 2 is 1.47 bits per heavy atom. The first-order valence-corrected chi connectivity index (χ1v) is 16.7. The van der Waals surface area contributed by atoms with Gasteiger partial charge in [-0.2, -0.15) is 0 Å². The van der Waals surface area contributed by atoms with E-state index in [9.17, 15) is 32.3 Å². The molecule has 8 nitrogen and oxygen atoms in total. The summed E-state index contributed by atoms with van der Waals surface area (Å²) in [5, 5.41) is 9.44. The Balaban J connectivity index is 1.40. The lowest BCUT2D eigenvalue weighted by Crippen LogP contribution is -2.60. The van der Waals surface area contributed by atoms with Crippen LogP contribution in [0.4, 0.5) is 33.3 Å². The SMILES string of the molecule is Cc1ccc(N2C(=O)C3CC=C4C(CC5(Cl)C(=O)N(c6c(F)c(F)c(F)c(F)c6F)C(=O)C5(Cl)C4c4ccc(OCCO)cc4)C3C2=O)cc1Cl. The molecule has 6 atom stereocenters. The number of carbonyl (C=O) groups is 4. The number of aryl methyl sites for hydroxylation is 1. The summed E-state index contributed by atoms with van der Waals surface area (Å²) in [4.78, 5) is 52.2. The third-order valence-corrected chi connectivity index (χ3v) is 12.0. The minimum Gasteiger partial charge on any atom is -0.491 e. The molecule has 3 aromatic carbocycles. The van der Waals surface area contributed by atoms with Crippen molar-refractivity contribution in [3.8, 4) is 5.75 Å². The van der Waals surface area contributed by atoms with Gasteiger partial charge in [-0.1, -0.05) is 41.4 Å². The lowest BCUT2D eigenvalue weighted by Gasteiger charge is -2.50. The summed E-state index contributed by atoms with van der Waals surface area (Å²) >= 11 is 20.6. The van der Waals surface area contributed by atoms with Gasteiger partial charge in [0.15, 0.2) is 33.0 Å². The Kier molecular flexibility index (Phi) is 8.52. The summed E-state index contributed by atoms with van der Waals surface area (Å²) in [5.74, 6) is -21.0. The predicted molar refractivity (Wildman–Crippen MR) is 174 cm³/mol. The summed E-state index contributed by atoms with van der Waals surface area (Å²) in [6, 6.07) is 10.4. The minimum absolute atomic E-state index is 0.0168. The number of benzene rings is 3. The normalized spacial score (nSPS) is 28.5. The van der Waals surface area contributed by atoms with Gasteiger partial charge in [0.2, 0.25) is 17.6 Å². The second-order valence-electron chi connectivity index (χ2n) is 12.8. The molecular formula is C35H24Cl3F5N2O6. The first kappa shape index (κ1) is 35.4. The largest absolute Gasteiger partial charge is 0.491 e. The van der Waals surface area contributed by atoms with Crippen molar-refractivity contribution in [3.63, 3.8) is 0 Å². The van der Waals surface area contributed by atoms with Crippen LogP contribution in [0.2, 0.25) is 5.02 Å². The van der Waals surface area contributed by atoms with E-state index in [-0.39, 0.29) is 41.5 Å². The number of nitrogens with zero attached hydrogens (tertiary/aromatic N) is 2. The van der Waals surface area contributed by atoms with Gasteiger partial charge in [-0.25, -0.2) is 31.8 Å². The van der Waals surface area contributed by atoms with Gasteiger partial charge in [-0.15, -0.1) is 23.2 Å². The van der Waals surface area contributed by atoms with Crippen LogP contribution in [0.25, 0.3) is 0 Å². The fourth-order valence-corrected chi connectivity index (χ4v) is 8.95. The van der Waals surface area contributed by atoms with Gasteiger partial charge in [0.25, 0.3) is 11.8 Å². The van der Waals surface area contributed by atoms with Crippen molar-refractivity contribution in [2.45, 2.75) is 35.4 Å². The van der Waals surface area contributed by atoms with Crippen LogP contribution in [0.15, 0.2) is 54.1 Å². The Morgan fingerprint density at radius 1 is 0.843 bits per heavy atom. The zero-order valence-corrected chi connectivity index (χ0v) is 28.4. The van der Waals surface area contributed by atoms with E-state index in [1.54, 1.807) is 25.1 Å². The quantitative estimate of drug-likeness (QED) is 0.0769. The number of hydrogen-bond acceptors (Lipinski definition) is 6. The average Bonchev–Trinajstić information content (AvgIpc) is 3.45. The number of anilines is 2. The van der Waals surface area contributed by atoms with Crippen LogP contribution in [0, 0.1) is 53.8 Å². The molecule has 3 fully saturated rings. The number of fused-ring (bicyclic) bond motifs is 4. The number of carbonyl (C=O) groups excluding carboxylic acids is 4. The maximum atomic E-state index is 15.2. The number of rotatable bonds is 6. The van der Waals surface area contributed by atoms with E-state index in [0.29, 0.717) is 16.2 Å². The highest BCUT2D eigenvalue weighted by atomic mass is 35.5. The molecule has 1 saturated carbocycles. The van der Waals surface area contributed by atoms with Crippen LogP contribution in [0.1, 0.15) is 29.9 Å². The number of aliphatic hydroxyl groups is 1. The highest BCUT2D eigenvalue weighted by molar-refractivity contribution is 6.58. The number of ether oxygens (including phenoxy) is 1. The van der Waals surface area contributed by atoms with E-state index in [2.05, 4.69) is 0 Å². The van der Waals surface area contributed by atoms with Gasteiger partial charge in [-0.05, 0) is 61.1 Å². The second-order valence-corrected chi connectivity index (χ2v) is 14.4. The molecule has 4 amide bonds. The smallest absolute Gasteiger partial charge is 0.258 e. The average molecular weight is 770 g/mol. The van der Waals surface area contributed by atoms with Crippen molar-refractivity contribution in [3.05, 3.63) is 99.3 Å². The van der Waals surface area contributed by atoms with Crippen LogP contribution < -0.4 is 14.5 Å². The molecule has 2 aliphatic carbocycles. The summed E-state index contributed by atoms with van der Waals surface area (Å²) < 4.78 is 78.8. The molecule has 16 heteroatoms. The fourth-order valence-electron chi connectivity index (χ4n) is 7.84. The molecule has 4 aliphatic rings. The van der Waals surface area contributed by atoms with Gasteiger partial charge in [0.05, 0.1) is 24.1 Å². The zero-order chi connectivity index (χ0) is 36.9. The van der Waals surface area contributed by atoms with Gasteiger partial charge in [0, 0.05) is 10.9 Å². The van der Waals surface area contributed by atoms with Crippen LogP contribution in [-0.4, -0.2) is 51.7 Å². The Bertz CT molecular complexity index is 2070. The minimum atomic E-state index is -2.65. The number of alkyl halides is 2. The predicted octanol–water partition coefficient (Wildman–Crippen LogP) is 6.48. The highest BCUT2D eigenvalue weighted by Gasteiger charge is 2.77. The summed E-state index contributed by atoms with van der Waals surface area (Å²) in [6.07, 6.45) is 0.956. The van der Waals surface area contributed by atoms with E-state index in [0.717, 1.165) is 4.90 Å². The first-order valence-electron chi connectivity index (χ1n) is 15.6. The molecule has 0 radical (unpaired) electrons. The zero-order valence-electron chi connectivity index (χ0n) is 26.2. The van der Waals surface area contributed by atoms with Crippen molar-refractivity contribution in [1.82, 2.24) is 0 Å². The molecule has 266 valence electrons. The topological polar surface area (TPSA) is 104 Å². The number of halogens is 8. The highest BCUT2D eigenvalue weighted by Crippen LogP contribution is 2.66. The van der Waals surface area contributed by atoms with Crippen LogP contribution in [-0.2, 0) is 19.2 Å². The van der Waals surface area contributed by atoms with E-state index in [1.165, 1.54) is 30.3 Å². The number of imide groups is 2. The number of amides is 4. The number of allylic oxidation sites excluding steroid dienone is 2. The van der Waals surface area contributed by atoms with Crippen LogP contribution in [0.3, 0.4) is 0 Å². The third-order valence-electron chi connectivity index (χ3n) is 10.2. The molecule has 2 saturated heterocycles. The Labute approximate surface area is 301 Å². The molecule has 2 heterocycles. The van der Waals surface area contributed by atoms with E-state index in [4.69, 9.17) is 44.6 Å². The molecule has 1 N–H and O–H groups in total. The van der Waals surface area contributed by atoms with Gasteiger partial charge in [0.1, 0.15) is 18.0 Å². The van der Waals surface area contributed by atoms with E-state index >= 15 is 8.78 Å². The Hall–Kier alpha value is -4.04. The molecule has 0 bridgehead atoms. The van der Waals surface area contributed by atoms with Crippen molar-refractivity contribution >= 4 is 69.8 Å². The summed E-state index contributed by atoms with van der Waals surface area (Å²) in [7, 11) is 0. The second kappa shape index (κ2) is 12.3.